The molecule has 0 aliphatic rings. The van der Waals surface area contributed by atoms with Crippen molar-refractivity contribution in [3.05, 3.63) is 66.4 Å². The minimum atomic E-state index is -0.416. The normalized spacial score (nSPS) is 10.9. The summed E-state index contributed by atoms with van der Waals surface area (Å²) in [5.41, 5.74) is 4.38. The topological polar surface area (TPSA) is 63.3 Å². The smallest absolute Gasteiger partial charge is 0.406 e. The van der Waals surface area contributed by atoms with E-state index < -0.39 is 6.09 Å². The summed E-state index contributed by atoms with van der Waals surface area (Å²) in [5.74, 6) is 0.842. The zero-order chi connectivity index (χ0) is 19.5. The van der Waals surface area contributed by atoms with E-state index in [0.717, 1.165) is 38.7 Å². The SMILES string of the molecule is COC(=O)NCCc1c[nH]c2c(-c3c(OC)ccc4ccccc34)cccc12. The van der Waals surface area contributed by atoms with Crippen LogP contribution in [0.1, 0.15) is 5.56 Å². The first-order valence-electron chi connectivity index (χ1n) is 9.20. The molecule has 1 aromatic heterocycles. The van der Waals surface area contributed by atoms with Crippen molar-refractivity contribution in [2.24, 2.45) is 0 Å². The van der Waals surface area contributed by atoms with Crippen LogP contribution < -0.4 is 10.1 Å². The average Bonchev–Trinajstić information content (AvgIpc) is 3.16. The number of aromatic nitrogens is 1. The van der Waals surface area contributed by atoms with Crippen LogP contribution in [0.5, 0.6) is 5.75 Å². The maximum absolute atomic E-state index is 11.3. The number of alkyl carbamates (subject to hydrolysis) is 1. The molecule has 2 N–H and O–H groups in total. The minimum Gasteiger partial charge on any atom is -0.496 e. The molecule has 1 amide bonds. The van der Waals surface area contributed by atoms with Crippen LogP contribution in [0, 0.1) is 0 Å². The molecular formula is C23H22N2O3. The summed E-state index contributed by atoms with van der Waals surface area (Å²) in [6.45, 7) is 0.515. The predicted octanol–water partition coefficient (Wildman–Crippen LogP) is 4.90. The fraction of sp³-hybridized carbons (Fsp3) is 0.174. The highest BCUT2D eigenvalue weighted by atomic mass is 16.5. The van der Waals surface area contributed by atoms with Gasteiger partial charge in [0.05, 0.1) is 19.7 Å². The first-order valence-corrected chi connectivity index (χ1v) is 9.20. The van der Waals surface area contributed by atoms with Gasteiger partial charge >= 0.3 is 6.09 Å². The zero-order valence-corrected chi connectivity index (χ0v) is 15.9. The third-order valence-corrected chi connectivity index (χ3v) is 5.03. The van der Waals surface area contributed by atoms with Gasteiger partial charge in [-0.15, -0.1) is 0 Å². The van der Waals surface area contributed by atoms with Gasteiger partial charge in [-0.05, 0) is 28.8 Å². The Morgan fingerprint density at radius 3 is 2.64 bits per heavy atom. The van der Waals surface area contributed by atoms with E-state index in [1.807, 2.05) is 24.4 Å². The molecule has 1 heterocycles. The van der Waals surface area contributed by atoms with Gasteiger partial charge in [0.2, 0.25) is 0 Å². The quantitative estimate of drug-likeness (QED) is 0.522. The van der Waals surface area contributed by atoms with E-state index >= 15 is 0 Å². The van der Waals surface area contributed by atoms with Gasteiger partial charge in [-0.3, -0.25) is 0 Å². The van der Waals surface area contributed by atoms with E-state index in [4.69, 9.17) is 4.74 Å². The number of carbonyl (C=O) groups excluding carboxylic acids is 1. The maximum atomic E-state index is 11.3. The number of nitrogens with one attached hydrogen (secondary N) is 2. The van der Waals surface area contributed by atoms with Crippen LogP contribution in [-0.2, 0) is 11.2 Å². The van der Waals surface area contributed by atoms with Crippen molar-refractivity contribution in [3.63, 3.8) is 0 Å². The number of H-pyrrole nitrogens is 1. The third-order valence-electron chi connectivity index (χ3n) is 5.03. The highest BCUT2D eigenvalue weighted by Crippen LogP contribution is 2.40. The van der Waals surface area contributed by atoms with Crippen LogP contribution in [0.2, 0.25) is 0 Å². The molecule has 28 heavy (non-hydrogen) atoms. The Morgan fingerprint density at radius 1 is 1.00 bits per heavy atom. The van der Waals surface area contributed by atoms with Gasteiger partial charge in [-0.1, -0.05) is 48.5 Å². The molecule has 5 heteroatoms. The first kappa shape index (κ1) is 17.9. The number of hydrogen-bond donors (Lipinski definition) is 2. The fourth-order valence-corrected chi connectivity index (χ4v) is 3.70. The summed E-state index contributed by atoms with van der Waals surface area (Å²) in [7, 11) is 3.07. The number of para-hydroxylation sites is 1. The number of rotatable bonds is 5. The third kappa shape index (κ3) is 3.16. The van der Waals surface area contributed by atoms with Crippen LogP contribution >= 0.6 is 0 Å². The lowest BCUT2D eigenvalue weighted by atomic mass is 9.95. The number of fused-ring (bicyclic) bond motifs is 2. The molecule has 0 saturated heterocycles. The first-order chi connectivity index (χ1) is 13.7. The summed E-state index contributed by atoms with van der Waals surface area (Å²) in [6, 6.07) is 18.7. The Bertz CT molecular complexity index is 1150. The van der Waals surface area contributed by atoms with Crippen LogP contribution in [0.4, 0.5) is 4.79 Å². The molecule has 0 aliphatic heterocycles. The molecule has 0 radical (unpaired) electrons. The van der Waals surface area contributed by atoms with Crippen molar-refractivity contribution in [1.29, 1.82) is 0 Å². The van der Waals surface area contributed by atoms with E-state index in [1.54, 1.807) is 7.11 Å². The number of hydrogen-bond acceptors (Lipinski definition) is 3. The van der Waals surface area contributed by atoms with Crippen molar-refractivity contribution in [3.8, 4) is 16.9 Å². The number of carbonyl (C=O) groups is 1. The Balaban J connectivity index is 1.81. The second kappa shape index (κ2) is 7.64. The van der Waals surface area contributed by atoms with Crippen molar-refractivity contribution in [2.75, 3.05) is 20.8 Å². The van der Waals surface area contributed by atoms with Crippen LogP contribution in [0.15, 0.2) is 60.8 Å². The maximum Gasteiger partial charge on any atom is 0.406 e. The van der Waals surface area contributed by atoms with Gasteiger partial charge in [-0.2, -0.15) is 0 Å². The summed E-state index contributed by atoms with van der Waals surface area (Å²) in [6.07, 6.45) is 2.30. The van der Waals surface area contributed by atoms with E-state index in [0.29, 0.717) is 13.0 Å². The molecule has 0 bridgehead atoms. The van der Waals surface area contributed by atoms with E-state index in [9.17, 15) is 4.79 Å². The van der Waals surface area contributed by atoms with Gasteiger partial charge in [0.1, 0.15) is 5.75 Å². The molecule has 142 valence electrons. The van der Waals surface area contributed by atoms with Crippen molar-refractivity contribution in [2.45, 2.75) is 6.42 Å². The predicted molar refractivity (Wildman–Crippen MR) is 112 cm³/mol. The van der Waals surface area contributed by atoms with E-state index in [2.05, 4.69) is 51.4 Å². The van der Waals surface area contributed by atoms with Crippen molar-refractivity contribution in [1.82, 2.24) is 10.3 Å². The lowest BCUT2D eigenvalue weighted by molar-refractivity contribution is 0.171. The monoisotopic (exact) mass is 374 g/mol. The summed E-state index contributed by atoms with van der Waals surface area (Å²) in [4.78, 5) is 14.7. The number of amides is 1. The minimum absolute atomic E-state index is 0.416. The molecular weight excluding hydrogens is 352 g/mol. The highest BCUT2D eigenvalue weighted by molar-refractivity contribution is 6.07. The second-order valence-corrected chi connectivity index (χ2v) is 6.57. The molecule has 0 unspecified atom stereocenters. The molecule has 4 rings (SSSR count). The van der Waals surface area contributed by atoms with Gasteiger partial charge in [0, 0.05) is 29.3 Å². The number of methoxy groups -OCH3 is 2. The molecule has 4 aromatic rings. The van der Waals surface area contributed by atoms with Gasteiger partial charge in [0.25, 0.3) is 0 Å². The molecule has 0 atom stereocenters. The molecule has 0 aliphatic carbocycles. The number of ether oxygens (including phenoxy) is 2. The summed E-state index contributed by atoms with van der Waals surface area (Å²) in [5, 5.41) is 6.19. The number of aromatic amines is 1. The second-order valence-electron chi connectivity index (χ2n) is 6.57. The Hall–Kier alpha value is -3.47. The van der Waals surface area contributed by atoms with E-state index in [-0.39, 0.29) is 0 Å². The van der Waals surface area contributed by atoms with Gasteiger partial charge in [0.15, 0.2) is 0 Å². The molecule has 3 aromatic carbocycles. The molecule has 0 saturated carbocycles. The standard InChI is InChI=1S/C23H22N2O3/c1-27-20-11-10-15-6-3-4-7-17(15)21(20)19-9-5-8-18-16(14-25-22(18)19)12-13-24-23(26)28-2/h3-11,14,25H,12-13H2,1-2H3,(H,24,26). The Kier molecular flexibility index (Phi) is 4.89. The Morgan fingerprint density at radius 2 is 1.82 bits per heavy atom. The Labute approximate surface area is 163 Å². The summed E-state index contributed by atoms with van der Waals surface area (Å²) >= 11 is 0. The van der Waals surface area contributed by atoms with E-state index in [1.165, 1.54) is 12.5 Å². The number of benzene rings is 3. The molecule has 5 nitrogen and oxygen atoms in total. The van der Waals surface area contributed by atoms with Gasteiger partial charge in [-0.25, -0.2) is 4.79 Å². The van der Waals surface area contributed by atoms with Crippen LogP contribution in [0.25, 0.3) is 32.8 Å². The van der Waals surface area contributed by atoms with Crippen LogP contribution in [0.3, 0.4) is 0 Å². The molecule has 0 spiro atoms. The van der Waals surface area contributed by atoms with Gasteiger partial charge < -0.3 is 19.8 Å². The summed E-state index contributed by atoms with van der Waals surface area (Å²) < 4.78 is 10.3. The fourth-order valence-electron chi connectivity index (χ4n) is 3.70. The van der Waals surface area contributed by atoms with Crippen molar-refractivity contribution < 1.29 is 14.3 Å². The lowest BCUT2D eigenvalue weighted by Crippen LogP contribution is -2.25. The lowest BCUT2D eigenvalue weighted by Gasteiger charge is -2.13. The van der Waals surface area contributed by atoms with Crippen LogP contribution in [-0.4, -0.2) is 31.8 Å². The highest BCUT2D eigenvalue weighted by Gasteiger charge is 2.15. The van der Waals surface area contributed by atoms with Crippen molar-refractivity contribution >= 4 is 27.8 Å². The average molecular weight is 374 g/mol. The zero-order valence-electron chi connectivity index (χ0n) is 15.9. The molecule has 0 fully saturated rings. The largest absolute Gasteiger partial charge is 0.496 e.